The Hall–Kier alpha value is -6.54. The molecule has 8 nitrogen and oxygen atoms in total. The minimum atomic E-state index is -0.270. The number of ether oxygens (including phenoxy) is 2. The lowest BCUT2D eigenvalue weighted by atomic mass is 9.95. The highest BCUT2D eigenvalue weighted by Crippen LogP contribution is 2.45. The van der Waals surface area contributed by atoms with Crippen molar-refractivity contribution in [1.29, 1.82) is 0 Å². The number of hydrogen-bond acceptors (Lipinski definition) is 6. The van der Waals surface area contributed by atoms with Gasteiger partial charge in [0, 0.05) is 57.2 Å². The third-order valence-corrected chi connectivity index (χ3v) is 11.0. The monoisotopic (exact) mass is 710 g/mol. The van der Waals surface area contributed by atoms with Gasteiger partial charge in [0.2, 0.25) is 0 Å². The molecule has 54 heavy (non-hydrogen) atoms. The van der Waals surface area contributed by atoms with Gasteiger partial charge in [-0.3, -0.25) is 9.59 Å². The van der Waals surface area contributed by atoms with Crippen molar-refractivity contribution in [3.8, 4) is 45.0 Å². The Morgan fingerprint density at radius 1 is 0.537 bits per heavy atom. The topological polar surface area (TPSA) is 110 Å². The van der Waals surface area contributed by atoms with Gasteiger partial charge < -0.3 is 19.4 Å². The number of nitrogens with zero attached hydrogens (tertiary/aromatic N) is 2. The molecule has 2 aliphatic heterocycles. The standard InChI is InChI=1S/C46H38N4O4/c1-25-29(17-19-43(51)53-3)37-23-38-30(18-20-44(52)54-4)26(2)36(48-38)22-41-45-31-11-7-5-9-27(31)14-16-34(45)40(50-41)24-42-46-32-12-8-6-10-28(32)13-15-33(46)39(49-42)21-35(25)47-37/h5-16,21-24,47-48H,17-20H2,1-4H3. The van der Waals surface area contributed by atoms with E-state index in [9.17, 15) is 9.59 Å². The molecule has 0 atom stereocenters. The van der Waals surface area contributed by atoms with Crippen molar-refractivity contribution in [1.82, 2.24) is 19.9 Å². The summed E-state index contributed by atoms with van der Waals surface area (Å²) in [6, 6.07) is 34.0. The maximum Gasteiger partial charge on any atom is 0.305 e. The number of rotatable bonds is 6. The summed E-state index contributed by atoms with van der Waals surface area (Å²) in [4.78, 5) is 42.9. The number of methoxy groups -OCH3 is 2. The number of H-pyrrole nitrogens is 2. The van der Waals surface area contributed by atoms with E-state index in [1.807, 2.05) is 0 Å². The van der Waals surface area contributed by atoms with E-state index < -0.39 is 0 Å². The van der Waals surface area contributed by atoms with Gasteiger partial charge in [-0.05, 0) is 94.8 Å². The number of aryl methyl sites for hydroxylation is 4. The number of fused-ring (bicyclic) bond motifs is 18. The van der Waals surface area contributed by atoms with E-state index in [0.29, 0.717) is 12.8 Å². The first-order valence-electron chi connectivity index (χ1n) is 18.2. The number of aromatic amines is 2. The van der Waals surface area contributed by atoms with E-state index in [2.05, 4.69) is 121 Å². The predicted octanol–water partition coefficient (Wildman–Crippen LogP) is 10.1. The summed E-state index contributed by atoms with van der Waals surface area (Å²) < 4.78 is 10.1. The molecule has 0 amide bonds. The van der Waals surface area contributed by atoms with Crippen LogP contribution in [-0.4, -0.2) is 46.1 Å². The predicted molar refractivity (Wildman–Crippen MR) is 215 cm³/mol. The van der Waals surface area contributed by atoms with Gasteiger partial charge in [0.25, 0.3) is 0 Å². The molecule has 0 aliphatic carbocycles. The van der Waals surface area contributed by atoms with Gasteiger partial charge in [-0.2, -0.15) is 0 Å². The van der Waals surface area contributed by atoms with Crippen LogP contribution in [0.2, 0.25) is 0 Å². The summed E-state index contributed by atoms with van der Waals surface area (Å²) in [5, 5.41) is 4.53. The number of carbonyl (C=O) groups is 2. The first-order chi connectivity index (χ1) is 26.3. The molecule has 4 aromatic carbocycles. The molecular weight excluding hydrogens is 673 g/mol. The SMILES string of the molecule is COC(=O)CCc1c(C)c2cc3nc(cc4nc(cc5[nH]c(cc1[nH]2)c(CCC(=O)OC)c5C)-c1c-4ccc2ccccc12)-c1c-3ccc2ccccc12. The molecule has 9 rings (SSSR count). The average molecular weight is 711 g/mol. The molecule has 0 saturated carbocycles. The fourth-order valence-corrected chi connectivity index (χ4v) is 8.19. The Morgan fingerprint density at radius 3 is 1.48 bits per heavy atom. The van der Waals surface area contributed by atoms with Crippen LogP contribution in [0.3, 0.4) is 0 Å². The zero-order valence-electron chi connectivity index (χ0n) is 30.6. The summed E-state index contributed by atoms with van der Waals surface area (Å²) in [5.41, 5.74) is 15.3. The Kier molecular flexibility index (Phi) is 8.11. The lowest BCUT2D eigenvalue weighted by Gasteiger charge is -2.07. The average Bonchev–Trinajstić information content (AvgIpc) is 3.90. The van der Waals surface area contributed by atoms with Gasteiger partial charge in [0.1, 0.15) is 0 Å². The summed E-state index contributed by atoms with van der Waals surface area (Å²) >= 11 is 0. The number of carbonyl (C=O) groups excluding carboxylic acids is 2. The number of nitrogens with one attached hydrogen (secondary N) is 2. The van der Waals surface area contributed by atoms with E-state index >= 15 is 0 Å². The largest absolute Gasteiger partial charge is 0.469 e. The number of esters is 2. The minimum Gasteiger partial charge on any atom is -0.469 e. The molecule has 8 heteroatoms. The van der Waals surface area contributed by atoms with E-state index in [1.54, 1.807) is 0 Å². The summed E-state index contributed by atoms with van der Waals surface area (Å²) in [6.07, 6.45) is 1.45. The maximum atomic E-state index is 12.4. The summed E-state index contributed by atoms with van der Waals surface area (Å²) in [5.74, 6) is -0.540. The number of benzene rings is 4. The zero-order chi connectivity index (χ0) is 37.1. The van der Waals surface area contributed by atoms with E-state index in [1.165, 1.54) is 14.2 Å². The third-order valence-electron chi connectivity index (χ3n) is 11.0. The van der Waals surface area contributed by atoms with Crippen molar-refractivity contribution < 1.29 is 19.1 Å². The quantitative estimate of drug-likeness (QED) is 0.166. The van der Waals surface area contributed by atoms with Crippen molar-refractivity contribution in [3.05, 3.63) is 119 Å². The minimum absolute atomic E-state index is 0.237. The zero-order valence-corrected chi connectivity index (χ0v) is 30.6. The Balaban J connectivity index is 1.42. The van der Waals surface area contributed by atoms with E-state index in [-0.39, 0.29) is 24.8 Å². The van der Waals surface area contributed by atoms with E-state index in [4.69, 9.17) is 19.4 Å². The highest BCUT2D eigenvalue weighted by atomic mass is 16.5. The van der Waals surface area contributed by atoms with Crippen molar-refractivity contribution in [3.63, 3.8) is 0 Å². The van der Waals surface area contributed by atoms with Crippen molar-refractivity contribution in [2.75, 3.05) is 14.2 Å². The van der Waals surface area contributed by atoms with Gasteiger partial charge in [-0.1, -0.05) is 72.8 Å². The molecule has 8 bridgehead atoms. The molecule has 5 heterocycles. The molecule has 3 aromatic heterocycles. The summed E-state index contributed by atoms with van der Waals surface area (Å²) in [6.45, 7) is 4.16. The van der Waals surface area contributed by atoms with Crippen LogP contribution in [0.1, 0.15) is 35.1 Å². The second kappa shape index (κ2) is 13.1. The van der Waals surface area contributed by atoms with Crippen molar-refractivity contribution in [2.24, 2.45) is 0 Å². The van der Waals surface area contributed by atoms with Crippen molar-refractivity contribution in [2.45, 2.75) is 39.5 Å². The van der Waals surface area contributed by atoms with Gasteiger partial charge in [-0.15, -0.1) is 0 Å². The smallest absolute Gasteiger partial charge is 0.305 e. The number of hydrogen-bond donors (Lipinski definition) is 2. The first-order valence-corrected chi connectivity index (χ1v) is 18.2. The van der Waals surface area contributed by atoms with Crippen LogP contribution in [-0.2, 0) is 31.9 Å². The maximum absolute atomic E-state index is 12.4. The molecule has 2 aliphatic rings. The lowest BCUT2D eigenvalue weighted by Crippen LogP contribution is -2.02. The molecule has 0 fully saturated rings. The lowest BCUT2D eigenvalue weighted by molar-refractivity contribution is -0.141. The van der Waals surface area contributed by atoms with Crippen LogP contribution in [0.4, 0.5) is 0 Å². The molecule has 2 N–H and O–H groups in total. The number of aromatic nitrogens is 4. The summed E-state index contributed by atoms with van der Waals surface area (Å²) in [7, 11) is 2.83. The normalized spacial score (nSPS) is 11.8. The highest BCUT2D eigenvalue weighted by molar-refractivity contribution is 6.08. The molecule has 0 spiro atoms. The molecule has 7 aromatic rings. The Morgan fingerprint density at radius 2 is 0.981 bits per heavy atom. The fraction of sp³-hybridized carbons (Fsp3) is 0.174. The molecule has 0 unspecified atom stereocenters. The molecule has 0 radical (unpaired) electrons. The van der Waals surface area contributed by atoms with Crippen LogP contribution in [0.25, 0.3) is 88.6 Å². The van der Waals surface area contributed by atoms with Crippen LogP contribution >= 0.6 is 0 Å². The third kappa shape index (κ3) is 5.53. The first kappa shape index (κ1) is 33.3. The van der Waals surface area contributed by atoms with Gasteiger partial charge in [0.15, 0.2) is 0 Å². The molecular formula is C46H38N4O4. The Bertz CT molecular complexity index is 2880. The van der Waals surface area contributed by atoms with Crippen molar-refractivity contribution >= 4 is 55.6 Å². The second-order valence-electron chi connectivity index (χ2n) is 14.0. The van der Waals surface area contributed by atoms with Gasteiger partial charge in [-0.25, -0.2) is 9.97 Å². The second-order valence-corrected chi connectivity index (χ2v) is 14.0. The van der Waals surface area contributed by atoms with Gasteiger partial charge in [0.05, 0.1) is 37.0 Å². The molecule has 266 valence electrons. The van der Waals surface area contributed by atoms with Crippen LogP contribution < -0.4 is 0 Å². The van der Waals surface area contributed by atoms with Crippen LogP contribution in [0.5, 0.6) is 0 Å². The fourth-order valence-electron chi connectivity index (χ4n) is 8.19. The van der Waals surface area contributed by atoms with Crippen LogP contribution in [0.15, 0.2) is 97.1 Å². The highest BCUT2D eigenvalue weighted by Gasteiger charge is 2.24. The van der Waals surface area contributed by atoms with E-state index in [0.717, 1.165) is 111 Å². The molecule has 0 saturated heterocycles. The van der Waals surface area contributed by atoms with Gasteiger partial charge >= 0.3 is 11.9 Å². The van der Waals surface area contributed by atoms with Crippen LogP contribution in [0, 0.1) is 13.8 Å². The Labute approximate surface area is 311 Å².